The van der Waals surface area contributed by atoms with Crippen LogP contribution in [0, 0.1) is 0 Å². The van der Waals surface area contributed by atoms with Crippen LogP contribution in [0.3, 0.4) is 0 Å². The second kappa shape index (κ2) is 6.76. The predicted molar refractivity (Wildman–Crippen MR) is 118 cm³/mol. The van der Waals surface area contributed by atoms with E-state index in [-0.39, 0.29) is 0 Å². The Morgan fingerprint density at radius 2 is 1.41 bits per heavy atom. The highest BCUT2D eigenvalue weighted by Gasteiger charge is 2.62. The summed E-state index contributed by atoms with van der Waals surface area (Å²) in [6.45, 7) is 2.29. The molecule has 0 atom stereocenters. The molecule has 0 amide bonds. The fraction of sp³-hybridized carbons (Fsp3) is 0.538. The summed E-state index contributed by atoms with van der Waals surface area (Å²) in [5, 5.41) is 0. The Balaban J connectivity index is 1.63. The Morgan fingerprint density at radius 3 is 2.07 bits per heavy atom. The van der Waals surface area contributed by atoms with Crippen molar-refractivity contribution in [3.8, 4) is 11.1 Å². The molecule has 0 saturated heterocycles. The minimum absolute atomic E-state index is 0.415. The molecular weight excluding hydrogens is 392 g/mol. The van der Waals surface area contributed by atoms with Gasteiger partial charge in [-0.3, -0.25) is 0 Å². The SMILES string of the molecule is CCCCCCc1ccc2c(c1)-c1cc(Br)ccc1C13CCCC21CCC3. The third-order valence-electron chi connectivity index (χ3n) is 8.04. The van der Waals surface area contributed by atoms with Crippen LogP contribution in [0.4, 0.5) is 0 Å². The number of unbranched alkanes of at least 4 members (excludes halogenated alkanes) is 3. The number of aryl methyl sites for hydroxylation is 1. The lowest BCUT2D eigenvalue weighted by Gasteiger charge is -2.48. The van der Waals surface area contributed by atoms with Crippen molar-refractivity contribution in [3.63, 3.8) is 0 Å². The highest BCUT2D eigenvalue weighted by Crippen LogP contribution is 2.69. The van der Waals surface area contributed by atoms with Gasteiger partial charge in [-0.15, -0.1) is 0 Å². The van der Waals surface area contributed by atoms with Crippen molar-refractivity contribution in [2.45, 2.75) is 88.4 Å². The maximum Gasteiger partial charge on any atom is 0.0181 e. The fourth-order valence-corrected chi connectivity index (χ4v) is 7.31. The van der Waals surface area contributed by atoms with Gasteiger partial charge < -0.3 is 0 Å². The van der Waals surface area contributed by atoms with E-state index in [1.807, 2.05) is 0 Å². The summed E-state index contributed by atoms with van der Waals surface area (Å²) in [4.78, 5) is 0. The van der Waals surface area contributed by atoms with E-state index in [1.54, 1.807) is 16.7 Å². The highest BCUT2D eigenvalue weighted by molar-refractivity contribution is 9.10. The van der Waals surface area contributed by atoms with E-state index in [1.165, 1.54) is 86.2 Å². The van der Waals surface area contributed by atoms with Gasteiger partial charge in [-0.25, -0.2) is 0 Å². The van der Waals surface area contributed by atoms with Gasteiger partial charge >= 0.3 is 0 Å². The van der Waals surface area contributed by atoms with Crippen molar-refractivity contribution in [2.75, 3.05) is 0 Å². The molecule has 2 saturated carbocycles. The van der Waals surface area contributed by atoms with Crippen molar-refractivity contribution in [3.05, 3.63) is 57.6 Å². The molecule has 2 fully saturated rings. The molecule has 0 aromatic heterocycles. The summed E-state index contributed by atoms with van der Waals surface area (Å²) in [6.07, 6.45) is 15.0. The molecule has 0 nitrogen and oxygen atoms in total. The first-order valence-corrected chi connectivity index (χ1v) is 11.9. The van der Waals surface area contributed by atoms with Crippen LogP contribution in [0.25, 0.3) is 11.1 Å². The van der Waals surface area contributed by atoms with Crippen LogP contribution in [-0.4, -0.2) is 0 Å². The Kier molecular flexibility index (Phi) is 4.50. The van der Waals surface area contributed by atoms with Crippen LogP contribution >= 0.6 is 15.9 Å². The van der Waals surface area contributed by atoms with Gasteiger partial charge in [0.05, 0.1) is 0 Å². The zero-order valence-corrected chi connectivity index (χ0v) is 18.2. The lowest BCUT2D eigenvalue weighted by atomic mass is 9.55. The minimum Gasteiger partial charge on any atom is -0.0654 e. The smallest absolute Gasteiger partial charge is 0.0181 e. The van der Waals surface area contributed by atoms with Crippen molar-refractivity contribution in [2.24, 2.45) is 0 Å². The van der Waals surface area contributed by atoms with Crippen LogP contribution < -0.4 is 0 Å². The molecule has 1 heteroatoms. The number of benzene rings is 2. The van der Waals surface area contributed by atoms with Crippen LogP contribution in [-0.2, 0) is 17.3 Å². The summed E-state index contributed by atoms with van der Waals surface area (Å²) in [6, 6.07) is 14.7. The summed E-state index contributed by atoms with van der Waals surface area (Å²) >= 11 is 3.76. The number of rotatable bonds is 5. The molecule has 0 unspecified atom stereocenters. The van der Waals surface area contributed by atoms with E-state index in [0.717, 1.165) is 0 Å². The van der Waals surface area contributed by atoms with E-state index < -0.39 is 0 Å². The van der Waals surface area contributed by atoms with Crippen molar-refractivity contribution < 1.29 is 0 Å². The molecule has 3 aliphatic carbocycles. The Hall–Kier alpha value is -1.08. The summed E-state index contributed by atoms with van der Waals surface area (Å²) in [5.74, 6) is 0. The zero-order chi connectivity index (χ0) is 18.5. The maximum absolute atomic E-state index is 3.76. The number of hydrogen-bond donors (Lipinski definition) is 0. The number of hydrogen-bond acceptors (Lipinski definition) is 0. The molecule has 0 radical (unpaired) electrons. The Bertz CT molecular complexity index is 853. The maximum atomic E-state index is 3.76. The van der Waals surface area contributed by atoms with Gasteiger partial charge in [0.2, 0.25) is 0 Å². The quantitative estimate of drug-likeness (QED) is 0.426. The first-order valence-electron chi connectivity index (χ1n) is 11.1. The van der Waals surface area contributed by atoms with Crippen LogP contribution in [0.5, 0.6) is 0 Å². The standard InChI is InChI=1S/C26H31Br/c1-2-3-4-5-8-19-9-11-23-21(17-19)22-18-20(27)10-12-24(22)26-15-6-13-25(23,26)14-7-16-26/h9-12,17-18H,2-8,13-16H2,1H3. The number of fused-ring (bicyclic) bond motifs is 3. The lowest BCUT2D eigenvalue weighted by molar-refractivity contribution is 0.299. The predicted octanol–water partition coefficient (Wildman–Crippen LogP) is 8.10. The van der Waals surface area contributed by atoms with Crippen molar-refractivity contribution in [1.29, 1.82) is 0 Å². The second-order valence-corrected chi connectivity index (χ2v) is 10.2. The van der Waals surface area contributed by atoms with Crippen LogP contribution in [0.1, 0.15) is 87.8 Å². The van der Waals surface area contributed by atoms with Gasteiger partial charge in [-0.1, -0.05) is 79.2 Å². The molecule has 2 aromatic carbocycles. The number of halogens is 1. The Morgan fingerprint density at radius 1 is 0.778 bits per heavy atom. The third-order valence-corrected chi connectivity index (χ3v) is 8.53. The molecule has 0 bridgehead atoms. The largest absolute Gasteiger partial charge is 0.0654 e. The topological polar surface area (TPSA) is 0 Å². The highest BCUT2D eigenvalue weighted by atomic mass is 79.9. The average Bonchev–Trinajstić information content (AvgIpc) is 3.23. The molecule has 0 N–H and O–H groups in total. The molecule has 5 rings (SSSR count). The third kappa shape index (κ3) is 2.53. The van der Waals surface area contributed by atoms with Gasteiger partial charge in [0.1, 0.15) is 0 Å². The zero-order valence-electron chi connectivity index (χ0n) is 16.6. The van der Waals surface area contributed by atoms with Crippen LogP contribution in [0.15, 0.2) is 40.9 Å². The van der Waals surface area contributed by atoms with E-state index in [0.29, 0.717) is 10.8 Å². The molecular formula is C26H31Br. The van der Waals surface area contributed by atoms with Gasteiger partial charge in [0, 0.05) is 15.3 Å². The molecule has 2 aromatic rings. The monoisotopic (exact) mass is 422 g/mol. The van der Waals surface area contributed by atoms with E-state index in [4.69, 9.17) is 0 Å². The van der Waals surface area contributed by atoms with Crippen molar-refractivity contribution >= 4 is 15.9 Å². The average molecular weight is 423 g/mol. The van der Waals surface area contributed by atoms with Crippen LogP contribution in [0.2, 0.25) is 0 Å². The second-order valence-electron chi connectivity index (χ2n) is 9.25. The molecule has 142 valence electrons. The molecule has 3 aliphatic rings. The summed E-state index contributed by atoms with van der Waals surface area (Å²) < 4.78 is 1.22. The molecule has 0 spiro atoms. The van der Waals surface area contributed by atoms with Gasteiger partial charge in [-0.05, 0) is 78.5 Å². The minimum atomic E-state index is 0.415. The first-order chi connectivity index (χ1) is 13.2. The molecule has 0 aliphatic heterocycles. The van der Waals surface area contributed by atoms with Crippen molar-refractivity contribution in [1.82, 2.24) is 0 Å². The summed E-state index contributed by atoms with van der Waals surface area (Å²) in [7, 11) is 0. The Labute approximate surface area is 172 Å². The van der Waals surface area contributed by atoms with E-state index >= 15 is 0 Å². The molecule has 27 heavy (non-hydrogen) atoms. The van der Waals surface area contributed by atoms with Gasteiger partial charge in [0.15, 0.2) is 0 Å². The lowest BCUT2D eigenvalue weighted by Crippen LogP contribution is -2.43. The fourth-order valence-electron chi connectivity index (χ4n) is 6.94. The van der Waals surface area contributed by atoms with E-state index in [2.05, 4.69) is 59.3 Å². The normalized spacial score (nSPS) is 27.8. The van der Waals surface area contributed by atoms with Gasteiger partial charge in [-0.2, -0.15) is 0 Å². The summed E-state index contributed by atoms with van der Waals surface area (Å²) in [5.41, 5.74) is 8.79. The molecule has 0 heterocycles. The van der Waals surface area contributed by atoms with Gasteiger partial charge in [0.25, 0.3) is 0 Å². The van der Waals surface area contributed by atoms with E-state index in [9.17, 15) is 0 Å². The first kappa shape index (κ1) is 18.0.